The smallest absolute Gasteiger partial charge is 0.235 e. The molecule has 0 N–H and O–H groups in total. The number of fused-ring (bicyclic) bond motifs is 13. The molecule has 0 saturated heterocycles. The first-order valence-corrected chi connectivity index (χ1v) is 15.4. The fraction of sp³-hybridized carbons (Fsp3) is 0.0750. The van der Waals surface area contributed by atoms with Crippen molar-refractivity contribution in [3.63, 3.8) is 0 Å². The van der Waals surface area contributed by atoms with Crippen molar-refractivity contribution < 1.29 is 0 Å². The third kappa shape index (κ3) is 3.14. The first kappa shape index (κ1) is 24.6. The number of para-hydroxylation sites is 4. The summed E-state index contributed by atoms with van der Waals surface area (Å²) in [4.78, 5) is 16.0. The van der Waals surface area contributed by atoms with E-state index in [0.717, 1.165) is 60.6 Å². The minimum absolute atomic E-state index is 0.261. The molecule has 5 aromatic carbocycles. The Kier molecular flexibility index (Phi) is 4.73. The van der Waals surface area contributed by atoms with E-state index < -0.39 is 0 Å². The number of pyridine rings is 1. The van der Waals surface area contributed by atoms with Gasteiger partial charge in [-0.3, -0.25) is 8.97 Å². The van der Waals surface area contributed by atoms with Gasteiger partial charge in [-0.15, -0.1) is 0 Å². The number of rotatable bonds is 2. The van der Waals surface area contributed by atoms with Crippen molar-refractivity contribution in [2.75, 3.05) is 0 Å². The largest absolute Gasteiger partial charge is 0.294 e. The second-order valence-electron chi connectivity index (χ2n) is 12.5. The maximum atomic E-state index is 5.38. The number of benzene rings is 5. The summed E-state index contributed by atoms with van der Waals surface area (Å²) in [6.45, 7) is 4.68. The van der Waals surface area contributed by atoms with Crippen LogP contribution in [0.25, 0.3) is 77.7 Å². The van der Waals surface area contributed by atoms with Crippen LogP contribution in [-0.2, 0) is 5.41 Å². The summed E-state index contributed by atoms with van der Waals surface area (Å²) in [5, 5.41) is 3.29. The molecular weight excluding hydrogens is 550 g/mol. The monoisotopic (exact) mass is 577 g/mol. The highest BCUT2D eigenvalue weighted by Gasteiger charge is 2.41. The van der Waals surface area contributed by atoms with E-state index >= 15 is 0 Å². The van der Waals surface area contributed by atoms with E-state index in [1.54, 1.807) is 0 Å². The second-order valence-corrected chi connectivity index (χ2v) is 12.5. The van der Waals surface area contributed by atoms with E-state index in [1.807, 2.05) is 6.07 Å². The van der Waals surface area contributed by atoms with Gasteiger partial charge in [0.15, 0.2) is 0 Å². The second kappa shape index (κ2) is 8.64. The van der Waals surface area contributed by atoms with Gasteiger partial charge in [0.25, 0.3) is 0 Å². The zero-order valence-corrected chi connectivity index (χ0v) is 24.9. The van der Waals surface area contributed by atoms with Gasteiger partial charge in [0.2, 0.25) is 5.95 Å². The first-order valence-electron chi connectivity index (χ1n) is 15.4. The third-order valence-electron chi connectivity index (χ3n) is 9.66. The Balaban J connectivity index is 1.47. The summed E-state index contributed by atoms with van der Waals surface area (Å²) < 4.78 is 4.71. The van der Waals surface area contributed by atoms with Crippen molar-refractivity contribution >= 4 is 49.4 Å². The average Bonchev–Trinajstić information content (AvgIpc) is 3.71. The molecule has 0 amide bonds. The molecule has 10 rings (SSSR count). The number of imidazole rings is 1. The van der Waals surface area contributed by atoms with Gasteiger partial charge in [0, 0.05) is 33.0 Å². The van der Waals surface area contributed by atoms with Crippen LogP contribution in [0.5, 0.6) is 0 Å². The van der Waals surface area contributed by atoms with Crippen molar-refractivity contribution in [2.24, 2.45) is 0 Å². The number of aromatic nitrogens is 5. The predicted octanol–water partition coefficient (Wildman–Crippen LogP) is 9.50. The van der Waals surface area contributed by atoms with E-state index in [0.29, 0.717) is 5.95 Å². The fourth-order valence-corrected chi connectivity index (χ4v) is 7.76. The summed E-state index contributed by atoms with van der Waals surface area (Å²) in [7, 11) is 0. The van der Waals surface area contributed by atoms with Crippen LogP contribution in [0.15, 0.2) is 127 Å². The molecule has 0 saturated carbocycles. The van der Waals surface area contributed by atoms with Crippen LogP contribution in [0.2, 0.25) is 0 Å². The van der Waals surface area contributed by atoms with Crippen molar-refractivity contribution in [2.45, 2.75) is 19.3 Å². The van der Waals surface area contributed by atoms with E-state index in [1.165, 1.54) is 22.4 Å². The van der Waals surface area contributed by atoms with E-state index in [-0.39, 0.29) is 5.41 Å². The molecule has 4 aromatic heterocycles. The minimum Gasteiger partial charge on any atom is -0.294 e. The molecule has 0 spiro atoms. The number of nitrogens with zero attached hydrogens (tertiary/aromatic N) is 5. The Morgan fingerprint density at radius 2 is 1.24 bits per heavy atom. The van der Waals surface area contributed by atoms with Crippen LogP contribution in [0.1, 0.15) is 25.1 Å². The molecule has 4 heterocycles. The summed E-state index contributed by atoms with van der Waals surface area (Å²) in [5.74, 6) is 0.656. The molecule has 0 fully saturated rings. The number of hydrogen-bond acceptors (Lipinski definition) is 3. The van der Waals surface area contributed by atoms with Crippen LogP contribution in [0, 0.1) is 0 Å². The standard InChI is InChI=1S/C40H27N5/c1-40(2)28-19-9-6-16-25(28)33-36-34(38-41-30-21-11-13-23-32(30)45(38)37(33)40)27-18-8-12-22-31(27)44(36)39-42-29-20-10-7-17-26(29)35(43-39)24-14-4-3-5-15-24/h3-23H,1-2H3. The van der Waals surface area contributed by atoms with Crippen molar-refractivity contribution in [3.8, 4) is 28.3 Å². The van der Waals surface area contributed by atoms with Crippen LogP contribution in [-0.4, -0.2) is 23.9 Å². The van der Waals surface area contributed by atoms with Crippen molar-refractivity contribution in [3.05, 3.63) is 139 Å². The summed E-state index contributed by atoms with van der Waals surface area (Å²) in [6.07, 6.45) is 0. The SMILES string of the molecule is CC1(C)c2ccccc2-c2c1n1c3ccccc3nc1c1c3ccccc3n(-c3nc(-c4ccccc4)c4ccccc4n3)c21. The van der Waals surface area contributed by atoms with Gasteiger partial charge in [-0.05, 0) is 35.4 Å². The highest BCUT2D eigenvalue weighted by molar-refractivity contribution is 6.21. The number of hydrogen-bond donors (Lipinski definition) is 0. The molecule has 45 heavy (non-hydrogen) atoms. The molecule has 1 aliphatic rings. The lowest BCUT2D eigenvalue weighted by Gasteiger charge is -2.23. The molecule has 0 atom stereocenters. The highest BCUT2D eigenvalue weighted by Crippen LogP contribution is 2.54. The van der Waals surface area contributed by atoms with E-state index in [9.17, 15) is 0 Å². The van der Waals surface area contributed by atoms with Gasteiger partial charge in [0.1, 0.15) is 5.65 Å². The Hall–Kier alpha value is -5.81. The Morgan fingerprint density at radius 3 is 2.09 bits per heavy atom. The normalized spacial score (nSPS) is 13.7. The molecule has 0 unspecified atom stereocenters. The minimum atomic E-state index is -0.261. The maximum absolute atomic E-state index is 5.38. The lowest BCUT2D eigenvalue weighted by atomic mass is 9.85. The fourth-order valence-electron chi connectivity index (χ4n) is 7.76. The summed E-state index contributed by atoms with van der Waals surface area (Å²) in [5.41, 5.74) is 12.9. The Labute approximate surface area is 259 Å². The van der Waals surface area contributed by atoms with Crippen LogP contribution in [0.4, 0.5) is 0 Å². The molecule has 0 aliphatic heterocycles. The maximum Gasteiger partial charge on any atom is 0.235 e. The van der Waals surface area contributed by atoms with Crippen molar-refractivity contribution in [1.29, 1.82) is 0 Å². The molecule has 1 aliphatic carbocycles. The van der Waals surface area contributed by atoms with Gasteiger partial charge >= 0.3 is 0 Å². The summed E-state index contributed by atoms with van der Waals surface area (Å²) in [6, 6.07) is 44.7. The van der Waals surface area contributed by atoms with Gasteiger partial charge < -0.3 is 0 Å². The lowest BCUT2D eigenvalue weighted by Crippen LogP contribution is -2.19. The highest BCUT2D eigenvalue weighted by atomic mass is 15.2. The zero-order chi connectivity index (χ0) is 29.9. The van der Waals surface area contributed by atoms with Crippen molar-refractivity contribution in [1.82, 2.24) is 23.9 Å². The topological polar surface area (TPSA) is 48.0 Å². The van der Waals surface area contributed by atoms with Gasteiger partial charge in [-0.1, -0.05) is 117 Å². The molecule has 9 aromatic rings. The van der Waals surface area contributed by atoms with Gasteiger partial charge in [-0.2, -0.15) is 0 Å². The molecule has 5 nitrogen and oxygen atoms in total. The summed E-state index contributed by atoms with van der Waals surface area (Å²) >= 11 is 0. The van der Waals surface area contributed by atoms with Gasteiger partial charge in [-0.25, -0.2) is 15.0 Å². The molecule has 0 radical (unpaired) electrons. The lowest BCUT2D eigenvalue weighted by molar-refractivity contribution is 0.631. The molecule has 0 bridgehead atoms. The predicted molar refractivity (Wildman–Crippen MR) is 183 cm³/mol. The Bertz CT molecular complexity index is 2680. The van der Waals surface area contributed by atoms with Crippen LogP contribution < -0.4 is 0 Å². The molecule has 212 valence electrons. The average molecular weight is 578 g/mol. The van der Waals surface area contributed by atoms with E-state index in [4.69, 9.17) is 15.0 Å². The van der Waals surface area contributed by atoms with Crippen LogP contribution in [0.3, 0.4) is 0 Å². The van der Waals surface area contributed by atoms with Crippen LogP contribution >= 0.6 is 0 Å². The van der Waals surface area contributed by atoms with Gasteiger partial charge in [0.05, 0.1) is 38.7 Å². The molecular formula is C40H27N5. The molecule has 5 heteroatoms. The Morgan fingerprint density at radius 1 is 0.578 bits per heavy atom. The first-order chi connectivity index (χ1) is 22.1. The quantitative estimate of drug-likeness (QED) is 0.206. The third-order valence-corrected chi connectivity index (χ3v) is 9.66. The zero-order valence-electron chi connectivity index (χ0n) is 24.9. The van der Waals surface area contributed by atoms with E-state index in [2.05, 4.69) is 144 Å².